The van der Waals surface area contributed by atoms with Gasteiger partial charge < -0.3 is 9.72 Å². The molecule has 0 aliphatic heterocycles. The van der Waals surface area contributed by atoms with E-state index in [0.29, 0.717) is 11.4 Å². The normalized spacial score (nSPS) is 11.3. The molecule has 0 saturated heterocycles. The third-order valence-electron chi connectivity index (χ3n) is 2.42. The summed E-state index contributed by atoms with van der Waals surface area (Å²) in [5.41, 5.74) is 1.37. The second-order valence-corrected chi connectivity index (χ2v) is 5.27. The summed E-state index contributed by atoms with van der Waals surface area (Å²) in [5, 5.41) is 3.56. The molecule has 0 fully saturated rings. The number of ether oxygens (including phenoxy) is 1. The van der Waals surface area contributed by atoms with Gasteiger partial charge in [-0.15, -0.1) is 0 Å². The molecule has 0 aliphatic rings. The molecule has 2 rings (SSSR count). The number of fused-ring (bicyclic) bond motifs is 1. The van der Waals surface area contributed by atoms with Crippen LogP contribution in [0.1, 0.15) is 31.3 Å². The van der Waals surface area contributed by atoms with Gasteiger partial charge in [-0.2, -0.15) is 0 Å². The summed E-state index contributed by atoms with van der Waals surface area (Å²) >= 11 is 0. The molecule has 5 nitrogen and oxygen atoms in total. The number of hydrogen-bond acceptors (Lipinski definition) is 3. The van der Waals surface area contributed by atoms with Crippen molar-refractivity contribution < 1.29 is 14.3 Å². The number of carbonyl (C=O) groups excluding carboxylic acids is 2. The summed E-state index contributed by atoms with van der Waals surface area (Å²) in [6, 6.07) is 7.09. The monoisotopic (exact) mass is 260 g/mol. The number of benzene rings is 1. The second kappa shape index (κ2) is 4.76. The number of rotatable bonds is 2. The molecule has 5 heteroatoms. The topological polar surface area (TPSA) is 71.2 Å². The van der Waals surface area contributed by atoms with Gasteiger partial charge in [0.25, 0.3) is 0 Å². The van der Waals surface area contributed by atoms with Crippen LogP contribution in [-0.4, -0.2) is 23.0 Å². The van der Waals surface area contributed by atoms with Crippen molar-refractivity contribution >= 4 is 29.0 Å². The fraction of sp³-hybridized carbons (Fsp3) is 0.286. The smallest absolute Gasteiger partial charge is 0.412 e. The van der Waals surface area contributed by atoms with Crippen molar-refractivity contribution in [2.75, 3.05) is 5.32 Å². The van der Waals surface area contributed by atoms with Gasteiger partial charge in [0.1, 0.15) is 5.60 Å². The zero-order valence-electron chi connectivity index (χ0n) is 11.1. The number of aromatic nitrogens is 1. The van der Waals surface area contributed by atoms with Crippen LogP contribution in [0.25, 0.3) is 10.9 Å². The van der Waals surface area contributed by atoms with Crippen LogP contribution in [0.2, 0.25) is 0 Å². The number of H-pyrrole nitrogens is 1. The molecule has 100 valence electrons. The summed E-state index contributed by atoms with van der Waals surface area (Å²) in [4.78, 5) is 25.2. The van der Waals surface area contributed by atoms with Crippen LogP contribution in [0.4, 0.5) is 10.5 Å². The Bertz CT molecular complexity index is 623. The zero-order valence-corrected chi connectivity index (χ0v) is 11.1. The van der Waals surface area contributed by atoms with E-state index in [2.05, 4.69) is 10.3 Å². The van der Waals surface area contributed by atoms with Gasteiger partial charge in [-0.25, -0.2) is 4.79 Å². The van der Waals surface area contributed by atoms with Crippen LogP contribution in [-0.2, 0) is 4.74 Å². The maximum atomic E-state index is 11.6. The lowest BCUT2D eigenvalue weighted by Crippen LogP contribution is -2.27. The molecule has 0 radical (unpaired) electrons. The number of carbonyl (C=O) groups is 2. The van der Waals surface area contributed by atoms with Crippen molar-refractivity contribution in [3.63, 3.8) is 0 Å². The van der Waals surface area contributed by atoms with E-state index in [9.17, 15) is 9.59 Å². The van der Waals surface area contributed by atoms with E-state index in [1.165, 1.54) is 0 Å². The number of aromatic amines is 1. The van der Waals surface area contributed by atoms with Crippen molar-refractivity contribution in [2.24, 2.45) is 0 Å². The quantitative estimate of drug-likeness (QED) is 0.813. The number of nitrogens with one attached hydrogen (secondary N) is 2. The van der Waals surface area contributed by atoms with E-state index >= 15 is 0 Å². The maximum Gasteiger partial charge on any atom is 0.412 e. The molecule has 1 amide bonds. The largest absolute Gasteiger partial charge is 0.444 e. The fourth-order valence-electron chi connectivity index (χ4n) is 1.71. The van der Waals surface area contributed by atoms with Gasteiger partial charge in [0.2, 0.25) is 0 Å². The summed E-state index contributed by atoms with van der Waals surface area (Å²) in [5.74, 6) is 0. The van der Waals surface area contributed by atoms with Gasteiger partial charge in [0.05, 0.1) is 5.69 Å². The van der Waals surface area contributed by atoms with E-state index < -0.39 is 11.7 Å². The zero-order chi connectivity index (χ0) is 14.0. The molecule has 1 aromatic heterocycles. The molecule has 19 heavy (non-hydrogen) atoms. The lowest BCUT2D eigenvalue weighted by atomic mass is 10.2. The highest BCUT2D eigenvalue weighted by molar-refractivity contribution is 5.92. The average Bonchev–Trinajstić information content (AvgIpc) is 2.68. The lowest BCUT2D eigenvalue weighted by molar-refractivity contribution is 0.0636. The highest BCUT2D eigenvalue weighted by Gasteiger charge is 2.16. The van der Waals surface area contributed by atoms with E-state index in [1.807, 2.05) is 6.07 Å². The standard InChI is InChI=1S/C14H16N2O3/c1-14(2,3)19-13(18)16-10-5-4-9-6-11(8-17)15-12(9)7-10/h4-8,15H,1-3H3,(H,16,18). The molecule has 0 atom stereocenters. The van der Waals surface area contributed by atoms with Crippen molar-refractivity contribution in [2.45, 2.75) is 26.4 Å². The molecule has 2 N–H and O–H groups in total. The molecule has 1 aromatic carbocycles. The van der Waals surface area contributed by atoms with E-state index in [1.54, 1.807) is 39.0 Å². The fourth-order valence-corrected chi connectivity index (χ4v) is 1.71. The number of aldehydes is 1. The van der Waals surface area contributed by atoms with E-state index in [-0.39, 0.29) is 0 Å². The van der Waals surface area contributed by atoms with Gasteiger partial charge in [0.15, 0.2) is 6.29 Å². The van der Waals surface area contributed by atoms with E-state index in [0.717, 1.165) is 17.2 Å². The van der Waals surface area contributed by atoms with Gasteiger partial charge in [-0.05, 0) is 39.0 Å². The van der Waals surface area contributed by atoms with Crippen LogP contribution >= 0.6 is 0 Å². The third kappa shape index (κ3) is 3.34. The van der Waals surface area contributed by atoms with Gasteiger partial charge in [-0.3, -0.25) is 10.1 Å². The first kappa shape index (κ1) is 13.1. The predicted octanol–water partition coefficient (Wildman–Crippen LogP) is 3.33. The first-order chi connectivity index (χ1) is 8.87. The predicted molar refractivity (Wildman–Crippen MR) is 73.5 cm³/mol. The minimum atomic E-state index is -0.536. The Hall–Kier alpha value is -2.30. The number of hydrogen-bond donors (Lipinski definition) is 2. The van der Waals surface area contributed by atoms with Crippen LogP contribution in [0.3, 0.4) is 0 Å². The summed E-state index contributed by atoms with van der Waals surface area (Å²) in [7, 11) is 0. The van der Waals surface area contributed by atoms with Gasteiger partial charge in [-0.1, -0.05) is 6.07 Å². The first-order valence-electron chi connectivity index (χ1n) is 5.95. The molecule has 0 saturated carbocycles. The van der Waals surface area contributed by atoms with Crippen molar-refractivity contribution in [1.29, 1.82) is 0 Å². The van der Waals surface area contributed by atoms with Crippen LogP contribution in [0.15, 0.2) is 24.3 Å². The molecule has 0 aliphatic carbocycles. The van der Waals surface area contributed by atoms with Crippen LogP contribution in [0.5, 0.6) is 0 Å². The minimum absolute atomic E-state index is 0.504. The van der Waals surface area contributed by atoms with Crippen LogP contribution in [0, 0.1) is 0 Å². The molecule has 0 spiro atoms. The molecule has 0 bridgehead atoms. The summed E-state index contributed by atoms with van der Waals surface area (Å²) in [6.07, 6.45) is 0.245. The molecular weight excluding hydrogens is 244 g/mol. The Kier molecular flexibility index (Phi) is 3.29. The Morgan fingerprint density at radius 1 is 1.32 bits per heavy atom. The third-order valence-corrected chi connectivity index (χ3v) is 2.42. The first-order valence-corrected chi connectivity index (χ1v) is 5.95. The summed E-state index contributed by atoms with van der Waals surface area (Å²) < 4.78 is 5.16. The SMILES string of the molecule is CC(C)(C)OC(=O)Nc1ccc2cc(C=O)[nH]c2c1. The molecule has 2 aromatic rings. The Balaban J connectivity index is 2.17. The van der Waals surface area contributed by atoms with Crippen molar-refractivity contribution in [1.82, 2.24) is 4.98 Å². The number of amides is 1. The van der Waals surface area contributed by atoms with Crippen LogP contribution < -0.4 is 5.32 Å². The maximum absolute atomic E-state index is 11.6. The Morgan fingerprint density at radius 2 is 2.05 bits per heavy atom. The second-order valence-electron chi connectivity index (χ2n) is 5.27. The molecular formula is C14H16N2O3. The van der Waals surface area contributed by atoms with Crippen molar-refractivity contribution in [3.05, 3.63) is 30.0 Å². The minimum Gasteiger partial charge on any atom is -0.444 e. The molecule has 0 unspecified atom stereocenters. The Labute approximate surface area is 110 Å². The highest BCUT2D eigenvalue weighted by atomic mass is 16.6. The highest BCUT2D eigenvalue weighted by Crippen LogP contribution is 2.20. The van der Waals surface area contributed by atoms with Crippen molar-refractivity contribution in [3.8, 4) is 0 Å². The average molecular weight is 260 g/mol. The Morgan fingerprint density at radius 3 is 2.68 bits per heavy atom. The van der Waals surface area contributed by atoms with Gasteiger partial charge >= 0.3 is 6.09 Å². The van der Waals surface area contributed by atoms with Gasteiger partial charge in [0, 0.05) is 16.6 Å². The summed E-state index contributed by atoms with van der Waals surface area (Å²) in [6.45, 7) is 5.41. The van der Waals surface area contributed by atoms with E-state index in [4.69, 9.17) is 4.74 Å². The molecule has 1 heterocycles. The number of anilines is 1. The lowest BCUT2D eigenvalue weighted by Gasteiger charge is -2.19.